The highest BCUT2D eigenvalue weighted by atomic mass is 79.9. The molecule has 1 heterocycles. The third-order valence-corrected chi connectivity index (χ3v) is 4.93. The van der Waals surface area contributed by atoms with Crippen LogP contribution in [-0.4, -0.2) is 32.1 Å². The molecular weight excluding hydrogens is 392 g/mol. The zero-order valence-corrected chi connectivity index (χ0v) is 16.7. The molecule has 4 nitrogen and oxygen atoms in total. The predicted octanol–water partition coefficient (Wildman–Crippen LogP) is 3.93. The minimum Gasteiger partial charge on any atom is -0.494 e. The van der Waals surface area contributed by atoms with E-state index in [2.05, 4.69) is 33.5 Å². The lowest BCUT2D eigenvalue weighted by atomic mass is 9.81. The molecule has 2 rings (SSSR count). The van der Waals surface area contributed by atoms with Gasteiger partial charge in [0.25, 0.3) is 0 Å². The van der Waals surface area contributed by atoms with Crippen LogP contribution in [-0.2, 0) is 4.79 Å². The van der Waals surface area contributed by atoms with Crippen molar-refractivity contribution in [3.63, 3.8) is 0 Å². The van der Waals surface area contributed by atoms with Crippen molar-refractivity contribution < 1.29 is 9.53 Å². The van der Waals surface area contributed by atoms with E-state index >= 15 is 0 Å². The summed E-state index contributed by atoms with van der Waals surface area (Å²) in [6.45, 7) is 5.82. The highest BCUT2D eigenvalue weighted by Gasteiger charge is 2.26. The van der Waals surface area contributed by atoms with Gasteiger partial charge in [0, 0.05) is 17.4 Å². The first-order valence-corrected chi connectivity index (χ1v) is 9.23. The Kier molecular flexibility index (Phi) is 9.71. The lowest BCUT2D eigenvalue weighted by Crippen LogP contribution is -2.42. The largest absolute Gasteiger partial charge is 0.494 e. The number of carbonyl (C=O) groups excluding carboxylic acids is 1. The lowest BCUT2D eigenvalue weighted by Gasteiger charge is -2.34. The molecule has 1 aromatic rings. The molecule has 1 fully saturated rings. The van der Waals surface area contributed by atoms with Crippen LogP contribution in [0.2, 0.25) is 0 Å². The molecule has 1 aliphatic rings. The molecule has 136 valence electrons. The molecule has 0 atom stereocenters. The van der Waals surface area contributed by atoms with Crippen molar-refractivity contribution in [1.82, 2.24) is 10.6 Å². The SMILES string of the molecule is CC1(CNC(=O)CCCCOc2ccc(Br)cc2)CCNCC1.Cl. The van der Waals surface area contributed by atoms with Gasteiger partial charge >= 0.3 is 0 Å². The second-order valence-corrected chi connectivity index (χ2v) is 7.51. The second kappa shape index (κ2) is 11.0. The van der Waals surface area contributed by atoms with Crippen molar-refractivity contribution in [2.24, 2.45) is 5.41 Å². The molecule has 0 spiro atoms. The number of nitrogens with one attached hydrogen (secondary N) is 2. The maximum absolute atomic E-state index is 11.9. The molecule has 2 N–H and O–H groups in total. The molecule has 0 unspecified atom stereocenters. The van der Waals surface area contributed by atoms with Gasteiger partial charge in [0.2, 0.25) is 5.91 Å². The molecule has 24 heavy (non-hydrogen) atoms. The quantitative estimate of drug-likeness (QED) is 0.628. The minimum absolute atomic E-state index is 0. The predicted molar refractivity (Wildman–Crippen MR) is 104 cm³/mol. The molecule has 0 saturated carbocycles. The van der Waals surface area contributed by atoms with E-state index in [1.807, 2.05) is 24.3 Å². The number of amides is 1. The van der Waals surface area contributed by atoms with Gasteiger partial charge in [-0.2, -0.15) is 0 Å². The van der Waals surface area contributed by atoms with Gasteiger partial charge in [-0.05, 0) is 68.5 Å². The highest BCUT2D eigenvalue weighted by molar-refractivity contribution is 9.10. The van der Waals surface area contributed by atoms with E-state index in [1.54, 1.807) is 0 Å². The Bertz CT molecular complexity index is 490. The number of halogens is 2. The van der Waals surface area contributed by atoms with Gasteiger partial charge in [0.05, 0.1) is 6.61 Å². The fourth-order valence-corrected chi connectivity index (χ4v) is 2.98. The van der Waals surface area contributed by atoms with Gasteiger partial charge in [-0.1, -0.05) is 22.9 Å². The average Bonchev–Trinajstić information content (AvgIpc) is 2.55. The van der Waals surface area contributed by atoms with E-state index < -0.39 is 0 Å². The van der Waals surface area contributed by atoms with Crippen molar-refractivity contribution >= 4 is 34.2 Å². The number of benzene rings is 1. The van der Waals surface area contributed by atoms with Gasteiger partial charge in [-0.25, -0.2) is 0 Å². The van der Waals surface area contributed by atoms with Crippen molar-refractivity contribution in [3.8, 4) is 5.75 Å². The number of hydrogen-bond acceptors (Lipinski definition) is 3. The van der Waals surface area contributed by atoms with Crippen LogP contribution in [0.15, 0.2) is 28.7 Å². The van der Waals surface area contributed by atoms with Gasteiger partial charge < -0.3 is 15.4 Å². The normalized spacial score (nSPS) is 16.1. The van der Waals surface area contributed by atoms with Crippen molar-refractivity contribution in [2.45, 2.75) is 39.0 Å². The van der Waals surface area contributed by atoms with Crippen LogP contribution in [0.25, 0.3) is 0 Å². The third kappa shape index (κ3) is 7.86. The Morgan fingerprint density at radius 2 is 1.92 bits per heavy atom. The van der Waals surface area contributed by atoms with Crippen LogP contribution >= 0.6 is 28.3 Å². The smallest absolute Gasteiger partial charge is 0.220 e. The van der Waals surface area contributed by atoms with Crippen LogP contribution < -0.4 is 15.4 Å². The number of piperidine rings is 1. The van der Waals surface area contributed by atoms with Crippen LogP contribution in [0.4, 0.5) is 0 Å². The molecule has 6 heteroatoms. The average molecular weight is 420 g/mol. The van der Waals surface area contributed by atoms with Crippen molar-refractivity contribution in [3.05, 3.63) is 28.7 Å². The van der Waals surface area contributed by atoms with E-state index in [9.17, 15) is 4.79 Å². The molecule has 0 aliphatic carbocycles. The summed E-state index contributed by atoms with van der Waals surface area (Å²) in [6.07, 6.45) is 4.60. The molecule has 0 bridgehead atoms. The summed E-state index contributed by atoms with van der Waals surface area (Å²) in [5.41, 5.74) is 0.256. The van der Waals surface area contributed by atoms with E-state index in [1.165, 1.54) is 0 Å². The zero-order chi connectivity index (χ0) is 16.5. The second-order valence-electron chi connectivity index (χ2n) is 6.60. The van der Waals surface area contributed by atoms with Crippen LogP contribution in [0, 0.1) is 5.41 Å². The summed E-state index contributed by atoms with van der Waals surface area (Å²) < 4.78 is 6.70. The first kappa shape index (κ1) is 21.3. The minimum atomic E-state index is 0. The molecule has 0 aromatic heterocycles. The zero-order valence-electron chi connectivity index (χ0n) is 14.3. The Labute approximate surface area is 159 Å². The number of carbonyl (C=O) groups is 1. The topological polar surface area (TPSA) is 50.4 Å². The standard InChI is InChI=1S/C18H27BrN2O2.ClH/c1-18(9-11-20-12-10-18)14-21-17(22)4-2-3-13-23-16-7-5-15(19)6-8-16;/h5-8,20H,2-4,9-14H2,1H3,(H,21,22);1H. The summed E-state index contributed by atoms with van der Waals surface area (Å²) in [7, 11) is 0. The van der Waals surface area contributed by atoms with Crippen molar-refractivity contribution in [1.29, 1.82) is 0 Å². The molecule has 1 amide bonds. The van der Waals surface area contributed by atoms with Gasteiger partial charge in [-0.3, -0.25) is 4.79 Å². The molecule has 0 radical (unpaired) electrons. The number of unbranched alkanes of at least 4 members (excludes halogenated alkanes) is 1. The van der Waals surface area contributed by atoms with Crippen LogP contribution in [0.3, 0.4) is 0 Å². The molecule has 1 aliphatic heterocycles. The molecule has 1 saturated heterocycles. The molecular formula is C18H28BrClN2O2. The maximum atomic E-state index is 11.9. The number of ether oxygens (including phenoxy) is 1. The Balaban J connectivity index is 0.00000288. The van der Waals surface area contributed by atoms with E-state index in [-0.39, 0.29) is 23.7 Å². The summed E-state index contributed by atoms with van der Waals surface area (Å²) in [6, 6.07) is 7.81. The van der Waals surface area contributed by atoms with E-state index in [0.717, 1.165) is 55.5 Å². The van der Waals surface area contributed by atoms with Crippen LogP contribution in [0.5, 0.6) is 5.75 Å². The fraction of sp³-hybridized carbons (Fsp3) is 0.611. The van der Waals surface area contributed by atoms with Crippen molar-refractivity contribution in [2.75, 3.05) is 26.2 Å². The lowest BCUT2D eigenvalue weighted by molar-refractivity contribution is -0.121. The summed E-state index contributed by atoms with van der Waals surface area (Å²) in [5.74, 6) is 1.03. The first-order chi connectivity index (χ1) is 11.1. The van der Waals surface area contributed by atoms with Gasteiger partial charge in [-0.15, -0.1) is 12.4 Å². The Morgan fingerprint density at radius 1 is 1.25 bits per heavy atom. The van der Waals surface area contributed by atoms with Gasteiger partial charge in [0.1, 0.15) is 5.75 Å². The number of rotatable bonds is 8. The monoisotopic (exact) mass is 418 g/mol. The summed E-state index contributed by atoms with van der Waals surface area (Å²) in [4.78, 5) is 11.9. The third-order valence-electron chi connectivity index (χ3n) is 4.40. The Morgan fingerprint density at radius 3 is 2.58 bits per heavy atom. The Hall–Kier alpha value is -0.780. The van der Waals surface area contributed by atoms with E-state index in [4.69, 9.17) is 4.74 Å². The van der Waals surface area contributed by atoms with Gasteiger partial charge in [0.15, 0.2) is 0 Å². The fourth-order valence-electron chi connectivity index (χ4n) is 2.72. The first-order valence-electron chi connectivity index (χ1n) is 8.43. The van der Waals surface area contributed by atoms with Crippen LogP contribution in [0.1, 0.15) is 39.0 Å². The number of hydrogen-bond donors (Lipinski definition) is 2. The highest BCUT2D eigenvalue weighted by Crippen LogP contribution is 2.26. The summed E-state index contributed by atoms with van der Waals surface area (Å²) in [5, 5.41) is 6.46. The maximum Gasteiger partial charge on any atom is 0.220 e. The van der Waals surface area contributed by atoms with E-state index in [0.29, 0.717) is 13.0 Å². The molecule has 1 aromatic carbocycles. The summed E-state index contributed by atoms with van der Waals surface area (Å²) >= 11 is 3.40.